The lowest BCUT2D eigenvalue weighted by atomic mass is 9.89. The molecule has 0 heterocycles. The first-order valence-electron chi connectivity index (χ1n) is 7.52. The van der Waals surface area contributed by atoms with Gasteiger partial charge < -0.3 is 14.6 Å². The zero-order valence-corrected chi connectivity index (χ0v) is 14.7. The van der Waals surface area contributed by atoms with Crippen molar-refractivity contribution in [2.45, 2.75) is 31.8 Å². The minimum Gasteiger partial charge on any atom is -0.479 e. The predicted molar refractivity (Wildman–Crippen MR) is 90.6 cm³/mol. The van der Waals surface area contributed by atoms with Gasteiger partial charge in [-0.05, 0) is 42.5 Å². The highest BCUT2D eigenvalue weighted by molar-refractivity contribution is 6.35. The second-order valence-electron chi connectivity index (χ2n) is 5.58. The van der Waals surface area contributed by atoms with Gasteiger partial charge in [0.25, 0.3) is 0 Å². The number of hydrogen-bond acceptors (Lipinski definition) is 5. The van der Waals surface area contributed by atoms with Crippen LogP contribution in [0, 0.1) is 0 Å². The van der Waals surface area contributed by atoms with Crippen molar-refractivity contribution in [2.75, 3.05) is 6.61 Å². The summed E-state index contributed by atoms with van der Waals surface area (Å²) in [5.41, 5.74) is 1.48. The first-order valence-corrected chi connectivity index (χ1v) is 8.27. The van der Waals surface area contributed by atoms with Crippen molar-refractivity contribution in [3.63, 3.8) is 0 Å². The molecule has 1 atom stereocenters. The van der Waals surface area contributed by atoms with Crippen LogP contribution in [-0.4, -0.2) is 29.6 Å². The van der Waals surface area contributed by atoms with Gasteiger partial charge in [-0.25, -0.2) is 9.59 Å². The highest BCUT2D eigenvalue weighted by Gasteiger charge is 2.26. The van der Waals surface area contributed by atoms with Gasteiger partial charge >= 0.3 is 17.9 Å². The second-order valence-corrected chi connectivity index (χ2v) is 6.42. The molecule has 6 nitrogen and oxygen atoms in total. The molecule has 0 spiro atoms. The van der Waals surface area contributed by atoms with Gasteiger partial charge in [-0.15, -0.1) is 0 Å². The smallest absolute Gasteiger partial charge is 0.341 e. The van der Waals surface area contributed by atoms with Gasteiger partial charge in [0.05, 0.1) is 6.42 Å². The summed E-state index contributed by atoms with van der Waals surface area (Å²) in [4.78, 5) is 34.0. The van der Waals surface area contributed by atoms with Gasteiger partial charge in [-0.2, -0.15) is 0 Å². The van der Waals surface area contributed by atoms with E-state index < -0.39 is 37.0 Å². The van der Waals surface area contributed by atoms with Crippen LogP contribution in [0.4, 0.5) is 0 Å². The third kappa shape index (κ3) is 5.21. The molecule has 0 saturated carbocycles. The Kier molecular flexibility index (Phi) is 6.45. The number of carbonyl (C=O) groups excluding carboxylic acids is 2. The molecule has 0 aromatic heterocycles. The zero-order valence-electron chi connectivity index (χ0n) is 13.2. The summed E-state index contributed by atoms with van der Waals surface area (Å²) in [6.45, 7) is 2.64. The van der Waals surface area contributed by atoms with Gasteiger partial charge in [0.1, 0.15) is 6.10 Å². The molecule has 0 bridgehead atoms. The molecule has 1 N–H and O–H groups in total. The molecule has 0 aliphatic heterocycles. The molecule has 0 fully saturated rings. The van der Waals surface area contributed by atoms with E-state index in [0.29, 0.717) is 16.5 Å². The van der Waals surface area contributed by atoms with Crippen LogP contribution in [0.25, 0.3) is 0 Å². The summed E-state index contributed by atoms with van der Waals surface area (Å²) in [6, 6.07) is 3.36. The molecule has 1 aromatic rings. The largest absolute Gasteiger partial charge is 0.479 e. The second kappa shape index (κ2) is 8.36. The molecule has 134 valence electrons. The Morgan fingerprint density at radius 1 is 1.28 bits per heavy atom. The van der Waals surface area contributed by atoms with Crippen LogP contribution in [0.5, 0.6) is 0 Å². The van der Waals surface area contributed by atoms with Crippen molar-refractivity contribution in [1.82, 2.24) is 0 Å². The number of benzene rings is 1. The van der Waals surface area contributed by atoms with Crippen LogP contribution in [0.1, 0.15) is 36.5 Å². The van der Waals surface area contributed by atoms with E-state index in [4.69, 9.17) is 33.0 Å². The van der Waals surface area contributed by atoms with Gasteiger partial charge in [0.2, 0.25) is 0 Å². The summed E-state index contributed by atoms with van der Waals surface area (Å²) < 4.78 is 9.90. The number of esters is 2. The minimum absolute atomic E-state index is 0.175. The molecule has 0 radical (unpaired) electrons. The maximum absolute atomic E-state index is 12.1. The topological polar surface area (TPSA) is 89.9 Å². The zero-order chi connectivity index (χ0) is 18.6. The first-order chi connectivity index (χ1) is 11.8. The summed E-state index contributed by atoms with van der Waals surface area (Å²) in [6.07, 6.45) is 1.29. The molecule has 2 rings (SSSR count). The van der Waals surface area contributed by atoms with Crippen molar-refractivity contribution in [3.05, 3.63) is 45.5 Å². The van der Waals surface area contributed by atoms with E-state index in [2.05, 4.69) is 11.3 Å². The third-order valence-corrected chi connectivity index (χ3v) is 4.24. The van der Waals surface area contributed by atoms with Gasteiger partial charge in [-0.1, -0.05) is 29.8 Å². The fourth-order valence-electron chi connectivity index (χ4n) is 2.59. The van der Waals surface area contributed by atoms with E-state index in [1.54, 1.807) is 12.1 Å². The number of hydrogen-bond donors (Lipinski definition) is 1. The molecule has 1 aliphatic carbocycles. The lowest BCUT2D eigenvalue weighted by molar-refractivity contribution is -0.154. The summed E-state index contributed by atoms with van der Waals surface area (Å²) in [7, 11) is 0. The molecule has 25 heavy (non-hydrogen) atoms. The average Bonchev–Trinajstić information content (AvgIpc) is 2.53. The predicted octanol–water partition coefficient (Wildman–Crippen LogP) is 3.49. The number of rotatable bonds is 6. The molecular formula is C17H16Cl2O6. The molecule has 8 heteroatoms. The number of carbonyl (C=O) groups is 3. The van der Waals surface area contributed by atoms with E-state index in [9.17, 15) is 14.4 Å². The highest BCUT2D eigenvalue weighted by atomic mass is 35.5. The van der Waals surface area contributed by atoms with E-state index in [0.717, 1.165) is 24.0 Å². The van der Waals surface area contributed by atoms with Crippen LogP contribution in [-0.2, 0) is 30.3 Å². The molecule has 0 saturated heterocycles. The Balaban J connectivity index is 1.99. The van der Waals surface area contributed by atoms with Gasteiger partial charge in [-0.3, -0.25) is 4.79 Å². The van der Waals surface area contributed by atoms with Crippen LogP contribution in [0.15, 0.2) is 24.3 Å². The first kappa shape index (κ1) is 19.3. The fourth-order valence-corrected chi connectivity index (χ4v) is 3.20. The molecule has 0 amide bonds. The normalized spacial score (nSPS) is 15.8. The van der Waals surface area contributed by atoms with Crippen LogP contribution < -0.4 is 0 Å². The van der Waals surface area contributed by atoms with Crippen molar-refractivity contribution in [2.24, 2.45) is 0 Å². The fraction of sp³-hybridized carbons (Fsp3) is 0.353. The van der Waals surface area contributed by atoms with Crippen molar-refractivity contribution in [3.8, 4) is 0 Å². The highest BCUT2D eigenvalue weighted by Crippen LogP contribution is 2.38. The van der Waals surface area contributed by atoms with Crippen LogP contribution in [0.3, 0.4) is 0 Å². The Morgan fingerprint density at radius 3 is 2.68 bits per heavy atom. The van der Waals surface area contributed by atoms with Crippen molar-refractivity contribution >= 4 is 41.1 Å². The summed E-state index contributed by atoms with van der Waals surface area (Å²) >= 11 is 12.2. The van der Waals surface area contributed by atoms with Gasteiger partial charge in [0, 0.05) is 15.6 Å². The molecular weight excluding hydrogens is 371 g/mol. The van der Waals surface area contributed by atoms with Crippen molar-refractivity contribution < 1.29 is 29.0 Å². The number of fused-ring (bicyclic) bond motifs is 1. The number of aliphatic carboxylic acids is 1. The maximum Gasteiger partial charge on any atom is 0.341 e. The van der Waals surface area contributed by atoms with E-state index in [-0.39, 0.29) is 5.57 Å². The van der Waals surface area contributed by atoms with E-state index >= 15 is 0 Å². The SMILES string of the molecule is C=C(CC(=O)OC1CCCc2c(Cl)cc(Cl)cc21)C(=O)OCC(=O)O. The molecule has 1 aliphatic rings. The Labute approximate surface area is 154 Å². The van der Waals surface area contributed by atoms with Crippen LogP contribution >= 0.6 is 23.2 Å². The lowest BCUT2D eigenvalue weighted by Gasteiger charge is -2.26. The third-order valence-electron chi connectivity index (χ3n) is 3.68. The minimum atomic E-state index is -1.30. The lowest BCUT2D eigenvalue weighted by Crippen LogP contribution is -2.20. The van der Waals surface area contributed by atoms with Crippen LogP contribution in [0.2, 0.25) is 10.0 Å². The Morgan fingerprint density at radius 2 is 2.00 bits per heavy atom. The number of carboxylic acid groups (broad SMARTS) is 1. The Hall–Kier alpha value is -2.05. The van der Waals surface area contributed by atoms with Crippen molar-refractivity contribution in [1.29, 1.82) is 0 Å². The molecule has 1 aromatic carbocycles. The van der Waals surface area contributed by atoms with E-state index in [1.807, 2.05) is 0 Å². The summed E-state index contributed by atoms with van der Waals surface area (Å²) in [5.74, 6) is -2.91. The van der Waals surface area contributed by atoms with E-state index in [1.165, 1.54) is 0 Å². The number of halogens is 2. The standard InChI is InChI=1S/C17H16Cl2O6/c1-9(17(23)24-8-15(20)21)5-16(22)25-14-4-2-3-11-12(14)6-10(18)7-13(11)19/h6-7,14H,1-5,8H2,(H,20,21). The maximum atomic E-state index is 12.1. The number of carboxylic acids is 1. The number of ether oxygens (including phenoxy) is 2. The van der Waals surface area contributed by atoms with Gasteiger partial charge in [0.15, 0.2) is 6.61 Å². The molecule has 1 unspecified atom stereocenters. The Bertz CT molecular complexity index is 728. The monoisotopic (exact) mass is 386 g/mol. The average molecular weight is 387 g/mol. The summed E-state index contributed by atoms with van der Waals surface area (Å²) in [5, 5.41) is 9.44. The quantitative estimate of drug-likeness (QED) is 0.594.